The lowest BCUT2D eigenvalue weighted by molar-refractivity contribution is -0.0429. The third-order valence-corrected chi connectivity index (χ3v) is 2.46. The quantitative estimate of drug-likeness (QED) is 0.873. The fraction of sp³-hybridized carbons (Fsp3) is 0.200. The van der Waals surface area contributed by atoms with E-state index < -0.39 is 21.3 Å². The average Bonchev–Trinajstić information content (AvgIpc) is 2.06. The average molecular weight is 262 g/mol. The van der Waals surface area contributed by atoms with Gasteiger partial charge in [0.25, 0.3) is 0 Å². The third kappa shape index (κ3) is 2.93. The number of nitrogens with zero attached hydrogens (tertiary/aromatic N) is 2. The van der Waals surface area contributed by atoms with Crippen molar-refractivity contribution in [3.8, 4) is 0 Å². The van der Waals surface area contributed by atoms with Gasteiger partial charge in [-0.25, -0.2) is 0 Å². The summed E-state index contributed by atoms with van der Waals surface area (Å²) in [4.78, 5) is 0. The summed E-state index contributed by atoms with van der Waals surface area (Å²) in [5.41, 5.74) is -5.39. The Morgan fingerprint density at radius 2 is 1.87 bits per heavy atom. The van der Waals surface area contributed by atoms with Crippen LogP contribution in [-0.2, 0) is 10.0 Å². The van der Waals surface area contributed by atoms with Crippen LogP contribution in [0.2, 0.25) is 5.15 Å². The minimum atomic E-state index is -5.46. The summed E-state index contributed by atoms with van der Waals surface area (Å²) in [6.07, 6.45) is 0. The molecule has 84 valence electrons. The van der Waals surface area contributed by atoms with Gasteiger partial charge in [0, 0.05) is 0 Å². The Bertz CT molecular complexity index is 444. The van der Waals surface area contributed by atoms with Gasteiger partial charge in [0.2, 0.25) is 0 Å². The lowest BCUT2D eigenvalue weighted by Crippen LogP contribution is -2.30. The molecule has 0 bridgehead atoms. The molecule has 0 saturated heterocycles. The number of nitrogens with one attached hydrogen (secondary N) is 1. The maximum Gasteiger partial charge on any atom is 0.516 e. The molecule has 1 rings (SSSR count). The fourth-order valence-corrected chi connectivity index (χ4v) is 1.17. The first kappa shape index (κ1) is 12.0. The van der Waals surface area contributed by atoms with Crippen molar-refractivity contribution in [3.63, 3.8) is 0 Å². The standard InChI is InChI=1S/C5H3ClF3N3O2S/c6-3-1-2-4(11-10-3)12-15(13,14)5(7,8)9/h1-2H,(H,11,12). The highest BCUT2D eigenvalue weighted by molar-refractivity contribution is 7.93. The molecule has 0 spiro atoms. The monoisotopic (exact) mass is 261 g/mol. The zero-order valence-corrected chi connectivity index (χ0v) is 8.36. The third-order valence-electron chi connectivity index (χ3n) is 1.18. The van der Waals surface area contributed by atoms with Crippen molar-refractivity contribution < 1.29 is 21.6 Å². The van der Waals surface area contributed by atoms with Crippen LogP contribution in [0, 0.1) is 0 Å². The first-order chi connectivity index (χ1) is 6.72. The smallest absolute Gasteiger partial charge is 0.258 e. The van der Waals surface area contributed by atoms with Crippen LogP contribution < -0.4 is 4.72 Å². The van der Waals surface area contributed by atoms with Gasteiger partial charge >= 0.3 is 15.5 Å². The van der Waals surface area contributed by atoms with Crippen molar-refractivity contribution in [1.29, 1.82) is 0 Å². The predicted octanol–water partition coefficient (Wildman–Crippen LogP) is 1.39. The fourth-order valence-electron chi connectivity index (χ4n) is 0.566. The van der Waals surface area contributed by atoms with E-state index in [2.05, 4.69) is 10.2 Å². The number of hydrogen-bond acceptors (Lipinski definition) is 4. The molecule has 0 fully saturated rings. The van der Waals surface area contributed by atoms with Crippen LogP contribution in [0.4, 0.5) is 19.0 Å². The van der Waals surface area contributed by atoms with Crippen LogP contribution >= 0.6 is 11.6 Å². The number of aromatic nitrogens is 2. The minimum Gasteiger partial charge on any atom is -0.258 e. The van der Waals surface area contributed by atoms with E-state index in [1.165, 1.54) is 4.72 Å². The zero-order chi connectivity index (χ0) is 11.7. The van der Waals surface area contributed by atoms with E-state index in [9.17, 15) is 21.6 Å². The summed E-state index contributed by atoms with van der Waals surface area (Å²) in [5.74, 6) is -0.559. The molecule has 0 aliphatic heterocycles. The Hall–Kier alpha value is -1.09. The molecule has 10 heteroatoms. The number of halogens is 4. The number of alkyl halides is 3. The normalized spacial score (nSPS) is 12.5. The molecular weight excluding hydrogens is 259 g/mol. The Morgan fingerprint density at radius 3 is 2.27 bits per heavy atom. The highest BCUT2D eigenvalue weighted by Crippen LogP contribution is 2.24. The van der Waals surface area contributed by atoms with Crippen LogP contribution in [0.15, 0.2) is 12.1 Å². The molecule has 15 heavy (non-hydrogen) atoms. The van der Waals surface area contributed by atoms with Crippen LogP contribution in [0.1, 0.15) is 0 Å². The summed E-state index contributed by atoms with van der Waals surface area (Å²) in [5, 5.41) is 6.21. The maximum absolute atomic E-state index is 11.9. The number of sulfonamides is 1. The molecule has 1 N–H and O–H groups in total. The number of hydrogen-bond donors (Lipinski definition) is 1. The Balaban J connectivity index is 2.93. The number of rotatable bonds is 2. The predicted molar refractivity (Wildman–Crippen MR) is 45.6 cm³/mol. The molecule has 1 heterocycles. The van der Waals surface area contributed by atoms with E-state index in [4.69, 9.17) is 11.6 Å². The van der Waals surface area contributed by atoms with Gasteiger partial charge in [0.1, 0.15) is 0 Å². The molecule has 5 nitrogen and oxygen atoms in total. The summed E-state index contributed by atoms with van der Waals surface area (Å²) in [7, 11) is -5.46. The summed E-state index contributed by atoms with van der Waals surface area (Å²) in [6, 6.07) is 2.06. The molecule has 1 aromatic rings. The molecule has 0 radical (unpaired) electrons. The van der Waals surface area contributed by atoms with Gasteiger partial charge in [-0.05, 0) is 12.1 Å². The Labute approximate surface area is 87.3 Å². The minimum absolute atomic E-state index is 0.0649. The van der Waals surface area contributed by atoms with Crippen molar-refractivity contribution >= 4 is 27.4 Å². The van der Waals surface area contributed by atoms with Crippen molar-refractivity contribution in [2.45, 2.75) is 5.51 Å². The van der Waals surface area contributed by atoms with Crippen molar-refractivity contribution in [1.82, 2.24) is 10.2 Å². The topological polar surface area (TPSA) is 72.0 Å². The van der Waals surface area contributed by atoms with Crippen LogP contribution in [0.5, 0.6) is 0 Å². The molecule has 0 saturated carbocycles. The molecular formula is C5H3ClF3N3O2S. The highest BCUT2D eigenvalue weighted by atomic mass is 35.5. The van der Waals surface area contributed by atoms with Gasteiger partial charge in [-0.15, -0.1) is 10.2 Å². The maximum atomic E-state index is 11.9. The lowest BCUT2D eigenvalue weighted by atomic mass is 10.5. The van der Waals surface area contributed by atoms with Gasteiger partial charge < -0.3 is 0 Å². The van der Waals surface area contributed by atoms with Gasteiger partial charge in [-0.1, -0.05) is 11.6 Å². The van der Waals surface area contributed by atoms with E-state index in [1.807, 2.05) is 0 Å². The van der Waals surface area contributed by atoms with Gasteiger partial charge in [-0.2, -0.15) is 21.6 Å². The SMILES string of the molecule is O=S(=O)(Nc1ccc(Cl)nn1)C(F)(F)F. The van der Waals surface area contributed by atoms with E-state index in [0.717, 1.165) is 12.1 Å². The first-order valence-electron chi connectivity index (χ1n) is 3.31. The Kier molecular flexibility index (Phi) is 3.05. The molecule has 1 aromatic heterocycles. The molecule has 0 aromatic carbocycles. The van der Waals surface area contributed by atoms with Crippen molar-refractivity contribution in [2.75, 3.05) is 4.72 Å². The molecule has 0 unspecified atom stereocenters. The molecule has 0 aliphatic carbocycles. The second kappa shape index (κ2) is 3.81. The van der Waals surface area contributed by atoms with Crippen molar-refractivity contribution in [3.05, 3.63) is 17.3 Å². The highest BCUT2D eigenvalue weighted by Gasteiger charge is 2.46. The Morgan fingerprint density at radius 1 is 1.27 bits per heavy atom. The largest absolute Gasteiger partial charge is 0.516 e. The van der Waals surface area contributed by atoms with E-state index in [0.29, 0.717) is 0 Å². The molecule has 0 amide bonds. The zero-order valence-electron chi connectivity index (χ0n) is 6.79. The number of anilines is 1. The van der Waals surface area contributed by atoms with Gasteiger partial charge in [0.05, 0.1) is 0 Å². The second-order valence-electron chi connectivity index (χ2n) is 2.29. The van der Waals surface area contributed by atoms with E-state index >= 15 is 0 Å². The van der Waals surface area contributed by atoms with Gasteiger partial charge in [0.15, 0.2) is 11.0 Å². The van der Waals surface area contributed by atoms with Crippen LogP contribution in [0.25, 0.3) is 0 Å². The first-order valence-corrected chi connectivity index (χ1v) is 5.17. The lowest BCUT2D eigenvalue weighted by Gasteiger charge is -2.08. The summed E-state index contributed by atoms with van der Waals surface area (Å²) >= 11 is 5.30. The van der Waals surface area contributed by atoms with E-state index in [-0.39, 0.29) is 5.15 Å². The summed E-state index contributed by atoms with van der Waals surface area (Å²) in [6.45, 7) is 0. The van der Waals surface area contributed by atoms with E-state index in [1.54, 1.807) is 0 Å². The molecule has 0 aliphatic rings. The van der Waals surface area contributed by atoms with Crippen LogP contribution in [0.3, 0.4) is 0 Å². The second-order valence-corrected chi connectivity index (χ2v) is 4.35. The molecule has 0 atom stereocenters. The van der Waals surface area contributed by atoms with Gasteiger partial charge in [-0.3, -0.25) is 4.72 Å². The van der Waals surface area contributed by atoms with Crippen molar-refractivity contribution in [2.24, 2.45) is 0 Å². The summed E-state index contributed by atoms with van der Waals surface area (Å²) < 4.78 is 58.0. The van der Waals surface area contributed by atoms with Crippen LogP contribution in [-0.4, -0.2) is 24.1 Å².